The fourth-order valence-corrected chi connectivity index (χ4v) is 1.57. The first-order chi connectivity index (χ1) is 10.2. The van der Waals surface area contributed by atoms with E-state index < -0.39 is 0 Å². The zero-order chi connectivity index (χ0) is 14.9. The number of aromatic hydroxyl groups is 2. The molecule has 106 valence electrons. The van der Waals surface area contributed by atoms with Gasteiger partial charge in [-0.1, -0.05) is 36.4 Å². The van der Waals surface area contributed by atoms with Crippen LogP contribution in [0.2, 0.25) is 0 Å². The normalized spacial score (nSPS) is 9.33. The number of phenolic OH excluding ortho intramolecular Hbond substituents is 2. The van der Waals surface area contributed by atoms with Crippen LogP contribution in [0.25, 0.3) is 0 Å². The van der Waals surface area contributed by atoms with E-state index in [2.05, 4.69) is 0 Å². The summed E-state index contributed by atoms with van der Waals surface area (Å²) >= 11 is 0. The van der Waals surface area contributed by atoms with Gasteiger partial charge in [0.25, 0.3) is 0 Å². The van der Waals surface area contributed by atoms with E-state index in [4.69, 9.17) is 14.9 Å². The van der Waals surface area contributed by atoms with Gasteiger partial charge in [0.15, 0.2) is 0 Å². The molecule has 0 amide bonds. The molecule has 0 unspecified atom stereocenters. The van der Waals surface area contributed by atoms with Gasteiger partial charge in [0.05, 0.1) is 0 Å². The Morgan fingerprint density at radius 2 is 0.905 bits per heavy atom. The highest BCUT2D eigenvalue weighted by Crippen LogP contribution is 2.22. The molecule has 0 atom stereocenters. The van der Waals surface area contributed by atoms with Crippen molar-refractivity contribution in [2.24, 2.45) is 0 Å². The van der Waals surface area contributed by atoms with Crippen molar-refractivity contribution in [1.82, 2.24) is 0 Å². The summed E-state index contributed by atoms with van der Waals surface area (Å²) in [7, 11) is 0. The highest BCUT2D eigenvalue weighted by atomic mass is 16.5. The number of phenols is 2. The minimum atomic E-state index is 0.241. The van der Waals surface area contributed by atoms with Crippen LogP contribution in [0.15, 0.2) is 84.9 Å². The molecule has 3 heteroatoms. The van der Waals surface area contributed by atoms with Gasteiger partial charge in [0, 0.05) is 0 Å². The van der Waals surface area contributed by atoms with Gasteiger partial charge in [-0.2, -0.15) is 0 Å². The van der Waals surface area contributed by atoms with Crippen LogP contribution in [0.5, 0.6) is 23.0 Å². The van der Waals surface area contributed by atoms with Crippen molar-refractivity contribution in [3.63, 3.8) is 0 Å². The molecule has 3 aromatic carbocycles. The number of hydrogen-bond acceptors (Lipinski definition) is 3. The Morgan fingerprint density at radius 1 is 0.476 bits per heavy atom. The molecule has 0 aromatic heterocycles. The van der Waals surface area contributed by atoms with Crippen LogP contribution >= 0.6 is 0 Å². The lowest BCUT2D eigenvalue weighted by Crippen LogP contribution is -1.81. The van der Waals surface area contributed by atoms with Crippen molar-refractivity contribution in [3.05, 3.63) is 84.9 Å². The molecule has 0 bridgehead atoms. The molecule has 0 radical (unpaired) electrons. The van der Waals surface area contributed by atoms with E-state index in [9.17, 15) is 0 Å². The molecule has 3 aromatic rings. The van der Waals surface area contributed by atoms with Crippen LogP contribution in [-0.4, -0.2) is 10.2 Å². The van der Waals surface area contributed by atoms with Crippen molar-refractivity contribution >= 4 is 0 Å². The quantitative estimate of drug-likeness (QED) is 0.722. The van der Waals surface area contributed by atoms with Crippen LogP contribution in [0, 0.1) is 0 Å². The minimum Gasteiger partial charge on any atom is -0.508 e. The van der Waals surface area contributed by atoms with Gasteiger partial charge in [0.2, 0.25) is 0 Å². The minimum absolute atomic E-state index is 0.241. The Labute approximate surface area is 123 Å². The number of rotatable bonds is 2. The van der Waals surface area contributed by atoms with E-state index in [0.29, 0.717) is 11.5 Å². The third-order valence-electron chi connectivity index (χ3n) is 2.57. The molecule has 0 saturated heterocycles. The van der Waals surface area contributed by atoms with Crippen molar-refractivity contribution in [2.75, 3.05) is 0 Å². The molecule has 21 heavy (non-hydrogen) atoms. The summed E-state index contributed by atoms with van der Waals surface area (Å²) in [5, 5.41) is 17.7. The highest BCUT2D eigenvalue weighted by molar-refractivity contribution is 5.34. The zero-order valence-electron chi connectivity index (χ0n) is 11.4. The Morgan fingerprint density at radius 3 is 1.38 bits per heavy atom. The number of para-hydroxylation sites is 2. The smallest absolute Gasteiger partial charge is 0.127 e. The maximum atomic E-state index is 9.07. The molecular formula is C18H16O3. The summed E-state index contributed by atoms with van der Waals surface area (Å²) in [6.07, 6.45) is 0. The largest absolute Gasteiger partial charge is 0.508 e. The first-order valence-corrected chi connectivity index (χ1v) is 6.50. The number of ether oxygens (including phenoxy) is 1. The maximum Gasteiger partial charge on any atom is 0.127 e. The van der Waals surface area contributed by atoms with E-state index in [-0.39, 0.29) is 5.75 Å². The Hall–Kier alpha value is -2.94. The van der Waals surface area contributed by atoms with E-state index in [1.807, 2.05) is 36.4 Å². The topological polar surface area (TPSA) is 49.7 Å². The summed E-state index contributed by atoms with van der Waals surface area (Å²) < 4.78 is 5.52. The molecule has 3 rings (SSSR count). The van der Waals surface area contributed by atoms with Crippen molar-refractivity contribution in [2.45, 2.75) is 0 Å². The van der Waals surface area contributed by atoms with Crippen LogP contribution < -0.4 is 4.74 Å². The second-order valence-electron chi connectivity index (χ2n) is 4.24. The Kier molecular flexibility index (Phi) is 5.24. The summed E-state index contributed by atoms with van der Waals surface area (Å²) in [5.41, 5.74) is 0. The molecule has 0 spiro atoms. The second kappa shape index (κ2) is 7.60. The summed E-state index contributed by atoms with van der Waals surface area (Å²) in [6.45, 7) is 0. The maximum absolute atomic E-state index is 9.07. The predicted octanol–water partition coefficient (Wildman–Crippen LogP) is 4.58. The van der Waals surface area contributed by atoms with Gasteiger partial charge >= 0.3 is 0 Å². The summed E-state index contributed by atoms with van der Waals surface area (Å²) in [5.74, 6) is 2.07. The first-order valence-electron chi connectivity index (χ1n) is 6.50. The molecule has 0 heterocycles. The van der Waals surface area contributed by atoms with Crippen molar-refractivity contribution in [1.29, 1.82) is 0 Å². The standard InChI is InChI=1S/C12H10O2.C6H6O/c13-10-6-8-12(9-7-10)14-11-4-2-1-3-5-11;7-6-4-2-1-3-5-6/h1-9,13H;1-5,7H. The van der Waals surface area contributed by atoms with Gasteiger partial charge in [-0.25, -0.2) is 0 Å². The summed E-state index contributed by atoms with van der Waals surface area (Å²) in [6, 6.07) is 24.9. The fourth-order valence-electron chi connectivity index (χ4n) is 1.57. The zero-order valence-corrected chi connectivity index (χ0v) is 11.4. The van der Waals surface area contributed by atoms with E-state index in [1.54, 1.807) is 48.5 Å². The van der Waals surface area contributed by atoms with Crippen LogP contribution in [-0.2, 0) is 0 Å². The monoisotopic (exact) mass is 280 g/mol. The second-order valence-corrected chi connectivity index (χ2v) is 4.24. The first kappa shape index (κ1) is 14.5. The van der Waals surface area contributed by atoms with Crippen LogP contribution in [0.1, 0.15) is 0 Å². The average molecular weight is 280 g/mol. The van der Waals surface area contributed by atoms with Gasteiger partial charge in [0.1, 0.15) is 23.0 Å². The molecule has 0 aliphatic carbocycles. The third kappa shape index (κ3) is 5.28. The van der Waals surface area contributed by atoms with Gasteiger partial charge in [-0.15, -0.1) is 0 Å². The molecule has 0 aliphatic rings. The highest BCUT2D eigenvalue weighted by Gasteiger charge is 1.95. The molecule has 2 N–H and O–H groups in total. The van der Waals surface area contributed by atoms with Gasteiger partial charge < -0.3 is 14.9 Å². The van der Waals surface area contributed by atoms with Gasteiger partial charge in [-0.3, -0.25) is 0 Å². The number of hydrogen-bond donors (Lipinski definition) is 2. The lowest BCUT2D eigenvalue weighted by molar-refractivity contribution is 0.464. The number of benzene rings is 3. The molecule has 0 fully saturated rings. The fraction of sp³-hybridized carbons (Fsp3) is 0. The molecular weight excluding hydrogens is 264 g/mol. The average Bonchev–Trinajstić information content (AvgIpc) is 2.52. The van der Waals surface area contributed by atoms with Crippen molar-refractivity contribution in [3.8, 4) is 23.0 Å². The molecule has 0 saturated carbocycles. The van der Waals surface area contributed by atoms with Crippen LogP contribution in [0.4, 0.5) is 0 Å². The molecule has 0 aliphatic heterocycles. The Balaban J connectivity index is 0.000000194. The molecule has 3 nitrogen and oxygen atoms in total. The lowest BCUT2D eigenvalue weighted by atomic mass is 10.3. The van der Waals surface area contributed by atoms with Crippen LogP contribution in [0.3, 0.4) is 0 Å². The predicted molar refractivity (Wildman–Crippen MR) is 82.7 cm³/mol. The van der Waals surface area contributed by atoms with E-state index >= 15 is 0 Å². The van der Waals surface area contributed by atoms with Crippen molar-refractivity contribution < 1.29 is 14.9 Å². The SMILES string of the molecule is Oc1ccc(Oc2ccccc2)cc1.Oc1ccccc1. The van der Waals surface area contributed by atoms with E-state index in [1.165, 1.54) is 0 Å². The Bertz CT molecular complexity index is 634. The third-order valence-corrected chi connectivity index (χ3v) is 2.57. The lowest BCUT2D eigenvalue weighted by Gasteiger charge is -2.04. The van der Waals surface area contributed by atoms with Gasteiger partial charge in [-0.05, 0) is 48.5 Å². The summed E-state index contributed by atoms with van der Waals surface area (Å²) in [4.78, 5) is 0. The van der Waals surface area contributed by atoms with E-state index in [0.717, 1.165) is 5.75 Å².